The van der Waals surface area contributed by atoms with E-state index in [2.05, 4.69) is 0 Å². The zero-order chi connectivity index (χ0) is 23.3. The molecule has 5 unspecified atom stereocenters. The number of hydrogen-bond donors (Lipinski definition) is 7. The second-order valence-corrected chi connectivity index (χ2v) is 7.40. The van der Waals surface area contributed by atoms with Gasteiger partial charge in [0.15, 0.2) is 17.1 Å². The van der Waals surface area contributed by atoms with Crippen molar-refractivity contribution < 1.29 is 49.6 Å². The fourth-order valence-electron chi connectivity index (χ4n) is 3.44. The predicted octanol–water partition coefficient (Wildman–Crippen LogP) is 0.489. The van der Waals surface area contributed by atoms with E-state index < -0.39 is 70.1 Å². The van der Waals surface area contributed by atoms with E-state index in [0.29, 0.717) is 0 Å². The van der Waals surface area contributed by atoms with Crippen LogP contribution < -0.4 is 10.2 Å². The van der Waals surface area contributed by atoms with E-state index >= 15 is 0 Å². The second-order valence-electron chi connectivity index (χ2n) is 7.40. The first-order chi connectivity index (χ1) is 15.1. The lowest BCUT2D eigenvalue weighted by atomic mass is 10.00. The van der Waals surface area contributed by atoms with Crippen LogP contribution in [0.25, 0.3) is 22.3 Å². The molecule has 1 aliphatic heterocycles. The Bertz CT molecular complexity index is 1220. The Kier molecular flexibility index (Phi) is 5.34. The van der Waals surface area contributed by atoms with Crippen LogP contribution in [-0.4, -0.2) is 66.5 Å². The SMILES string of the molecule is CC1OC(Oc2cc(O)c3c(=O)c(O)c(-c4ccc(O)cc4)oc3c2O)C(O)C(O)C1O. The zero-order valence-corrected chi connectivity index (χ0v) is 16.5. The largest absolute Gasteiger partial charge is 0.508 e. The Labute approximate surface area is 179 Å². The molecule has 0 saturated carbocycles. The van der Waals surface area contributed by atoms with Gasteiger partial charge in [-0.1, -0.05) is 0 Å². The van der Waals surface area contributed by atoms with Gasteiger partial charge in [-0.15, -0.1) is 0 Å². The summed E-state index contributed by atoms with van der Waals surface area (Å²) in [6.07, 6.45) is -7.14. The molecular formula is C21H20O11. The van der Waals surface area contributed by atoms with Gasteiger partial charge in [0.2, 0.25) is 23.2 Å². The molecule has 11 nitrogen and oxygen atoms in total. The summed E-state index contributed by atoms with van der Waals surface area (Å²) in [4.78, 5) is 12.6. The Balaban J connectivity index is 1.82. The maximum absolute atomic E-state index is 12.6. The van der Waals surface area contributed by atoms with Crippen molar-refractivity contribution in [3.05, 3.63) is 40.6 Å². The van der Waals surface area contributed by atoms with Crippen LogP contribution in [-0.2, 0) is 4.74 Å². The monoisotopic (exact) mass is 448 g/mol. The molecule has 2 heterocycles. The van der Waals surface area contributed by atoms with Crippen molar-refractivity contribution in [1.82, 2.24) is 0 Å². The highest BCUT2D eigenvalue weighted by Crippen LogP contribution is 2.43. The van der Waals surface area contributed by atoms with E-state index in [4.69, 9.17) is 13.9 Å². The number of ether oxygens (including phenoxy) is 2. The number of aromatic hydroxyl groups is 4. The van der Waals surface area contributed by atoms with E-state index in [1.165, 1.54) is 31.2 Å². The minimum Gasteiger partial charge on any atom is -0.508 e. The molecule has 7 N–H and O–H groups in total. The maximum atomic E-state index is 12.6. The van der Waals surface area contributed by atoms with Gasteiger partial charge in [-0.3, -0.25) is 4.79 Å². The summed E-state index contributed by atoms with van der Waals surface area (Å²) in [5.41, 5.74) is -1.36. The van der Waals surface area contributed by atoms with Crippen LogP contribution in [0, 0.1) is 0 Å². The number of aliphatic hydroxyl groups excluding tert-OH is 3. The highest BCUT2D eigenvalue weighted by atomic mass is 16.7. The lowest BCUT2D eigenvalue weighted by molar-refractivity contribution is -0.268. The van der Waals surface area contributed by atoms with Crippen molar-refractivity contribution in [2.24, 2.45) is 0 Å². The van der Waals surface area contributed by atoms with Crippen LogP contribution in [0.5, 0.6) is 28.7 Å². The number of fused-ring (bicyclic) bond motifs is 1. The Morgan fingerprint density at radius 2 is 1.56 bits per heavy atom. The molecule has 32 heavy (non-hydrogen) atoms. The van der Waals surface area contributed by atoms with E-state index in [1.54, 1.807) is 0 Å². The standard InChI is InChI=1S/C21H20O11/c1-7-13(24)16(27)18(29)21(30-7)31-11-6-10(23)12-15(26)17(28)19(32-20(12)14(11)25)8-2-4-9(22)5-3-8/h2-7,13,16,18,21-25,27-29H,1H3. The molecule has 4 rings (SSSR count). The van der Waals surface area contributed by atoms with Crippen LogP contribution >= 0.6 is 0 Å². The number of phenolic OH excluding ortho intramolecular Hbond substituents is 3. The number of phenols is 3. The first-order valence-corrected chi connectivity index (χ1v) is 9.50. The van der Waals surface area contributed by atoms with E-state index in [9.17, 15) is 40.5 Å². The summed E-state index contributed by atoms with van der Waals surface area (Å²) in [7, 11) is 0. The summed E-state index contributed by atoms with van der Waals surface area (Å²) in [5, 5.41) is 70.0. The molecule has 5 atom stereocenters. The Morgan fingerprint density at radius 3 is 2.22 bits per heavy atom. The third kappa shape index (κ3) is 3.46. The minimum atomic E-state index is -1.70. The topological polar surface area (TPSA) is 190 Å². The molecule has 0 amide bonds. The van der Waals surface area contributed by atoms with Gasteiger partial charge in [-0.05, 0) is 31.2 Å². The van der Waals surface area contributed by atoms with Gasteiger partial charge in [0.05, 0.1) is 6.10 Å². The van der Waals surface area contributed by atoms with Crippen molar-refractivity contribution in [3.63, 3.8) is 0 Å². The van der Waals surface area contributed by atoms with E-state index in [0.717, 1.165) is 6.07 Å². The van der Waals surface area contributed by atoms with Gasteiger partial charge in [0, 0.05) is 11.6 Å². The van der Waals surface area contributed by atoms with Crippen molar-refractivity contribution in [2.75, 3.05) is 0 Å². The number of rotatable bonds is 3. The molecule has 0 bridgehead atoms. The van der Waals surface area contributed by atoms with E-state index in [1.807, 2.05) is 0 Å². The number of benzene rings is 2. The summed E-state index contributed by atoms with van der Waals surface area (Å²) in [6, 6.07) is 6.15. The zero-order valence-electron chi connectivity index (χ0n) is 16.5. The minimum absolute atomic E-state index is 0.0693. The van der Waals surface area contributed by atoms with Crippen molar-refractivity contribution in [3.8, 4) is 40.1 Å². The van der Waals surface area contributed by atoms with Crippen LogP contribution in [0.4, 0.5) is 0 Å². The maximum Gasteiger partial charge on any atom is 0.238 e. The molecule has 2 aromatic carbocycles. The van der Waals surface area contributed by atoms with Crippen LogP contribution in [0.15, 0.2) is 39.5 Å². The molecular weight excluding hydrogens is 428 g/mol. The van der Waals surface area contributed by atoms with Gasteiger partial charge < -0.3 is 49.6 Å². The second kappa shape index (κ2) is 7.88. The average molecular weight is 448 g/mol. The molecule has 3 aromatic rings. The van der Waals surface area contributed by atoms with Gasteiger partial charge >= 0.3 is 0 Å². The molecule has 0 aliphatic carbocycles. The number of hydrogen-bond acceptors (Lipinski definition) is 11. The van der Waals surface area contributed by atoms with Crippen LogP contribution in [0.3, 0.4) is 0 Å². The lowest BCUT2D eigenvalue weighted by Crippen LogP contribution is -2.58. The third-order valence-corrected chi connectivity index (χ3v) is 5.24. The van der Waals surface area contributed by atoms with Gasteiger partial charge in [-0.25, -0.2) is 0 Å². The first-order valence-electron chi connectivity index (χ1n) is 9.50. The molecule has 1 fully saturated rings. The predicted molar refractivity (Wildman–Crippen MR) is 108 cm³/mol. The highest BCUT2D eigenvalue weighted by molar-refractivity contribution is 5.93. The molecule has 11 heteroatoms. The van der Waals surface area contributed by atoms with Crippen molar-refractivity contribution >= 4 is 11.0 Å². The fraction of sp³-hybridized carbons (Fsp3) is 0.286. The summed E-state index contributed by atoms with van der Waals surface area (Å²) in [6.45, 7) is 1.43. The number of aliphatic hydroxyl groups is 3. The molecule has 1 saturated heterocycles. The van der Waals surface area contributed by atoms with Crippen LogP contribution in [0.1, 0.15) is 6.92 Å². The normalized spacial score (nSPS) is 25.7. The summed E-state index contributed by atoms with van der Waals surface area (Å²) < 4.78 is 16.2. The quantitative estimate of drug-likeness (QED) is 0.276. The fourth-order valence-corrected chi connectivity index (χ4v) is 3.44. The highest BCUT2D eigenvalue weighted by Gasteiger charge is 2.43. The van der Waals surface area contributed by atoms with Crippen molar-refractivity contribution in [1.29, 1.82) is 0 Å². The van der Waals surface area contributed by atoms with Gasteiger partial charge in [0.25, 0.3) is 0 Å². The first kappa shape index (κ1) is 21.7. The summed E-state index contributed by atoms with van der Waals surface area (Å²) in [5.74, 6) is -3.15. The Hall–Kier alpha value is -3.51. The third-order valence-electron chi connectivity index (χ3n) is 5.24. The smallest absolute Gasteiger partial charge is 0.238 e. The molecule has 1 aliphatic rings. The molecule has 170 valence electrons. The average Bonchev–Trinajstić information content (AvgIpc) is 2.76. The van der Waals surface area contributed by atoms with Gasteiger partial charge in [-0.2, -0.15) is 0 Å². The van der Waals surface area contributed by atoms with E-state index in [-0.39, 0.29) is 17.1 Å². The molecule has 0 spiro atoms. The lowest BCUT2D eigenvalue weighted by Gasteiger charge is -2.38. The summed E-state index contributed by atoms with van der Waals surface area (Å²) >= 11 is 0. The molecule has 0 radical (unpaired) electrons. The molecule has 1 aromatic heterocycles. The van der Waals surface area contributed by atoms with Crippen molar-refractivity contribution in [2.45, 2.75) is 37.6 Å². The van der Waals surface area contributed by atoms with Crippen LogP contribution in [0.2, 0.25) is 0 Å². The Morgan fingerprint density at radius 1 is 0.906 bits per heavy atom. The van der Waals surface area contributed by atoms with Gasteiger partial charge in [0.1, 0.15) is 35.2 Å².